The highest BCUT2D eigenvalue weighted by atomic mass is 35.5. The number of halogens is 1. The van der Waals surface area contributed by atoms with E-state index in [9.17, 15) is 8.42 Å². The van der Waals surface area contributed by atoms with E-state index in [-0.39, 0.29) is 10.6 Å². The largest absolute Gasteiger partial charge is 0.497 e. The molecule has 2 aromatic carbocycles. The molecule has 0 aliphatic rings. The Morgan fingerprint density at radius 1 is 1.04 bits per heavy atom. The van der Waals surface area contributed by atoms with Crippen LogP contribution in [0.4, 0.5) is 0 Å². The molecule has 0 aromatic heterocycles. The molecular formula is C16H16ClNO4S. The van der Waals surface area contributed by atoms with Gasteiger partial charge in [-0.3, -0.25) is 0 Å². The number of hydrogen-bond acceptors (Lipinski definition) is 5. The first-order chi connectivity index (χ1) is 11.0. The van der Waals surface area contributed by atoms with E-state index < -0.39 is 9.84 Å². The Hall–Kier alpha value is -2.05. The molecule has 5 nitrogen and oxygen atoms in total. The van der Waals surface area contributed by atoms with Gasteiger partial charge in [0.15, 0.2) is 9.84 Å². The van der Waals surface area contributed by atoms with Crippen molar-refractivity contribution in [3.63, 3.8) is 0 Å². The van der Waals surface area contributed by atoms with E-state index in [2.05, 4.69) is 5.16 Å². The summed E-state index contributed by atoms with van der Waals surface area (Å²) in [5.74, 6) is 0.307. The van der Waals surface area contributed by atoms with Crippen molar-refractivity contribution in [2.75, 3.05) is 20.0 Å². The lowest BCUT2D eigenvalue weighted by Crippen LogP contribution is -2.17. The molecular weight excluding hydrogens is 338 g/mol. The summed E-state index contributed by atoms with van der Waals surface area (Å²) in [7, 11) is -0.672. The molecule has 0 saturated carbocycles. The quantitative estimate of drug-likeness (QED) is 0.591. The van der Waals surface area contributed by atoms with Crippen molar-refractivity contribution in [2.24, 2.45) is 5.16 Å². The van der Waals surface area contributed by atoms with Gasteiger partial charge in [0.2, 0.25) is 0 Å². The number of oxime groups is 1. The minimum atomic E-state index is -3.56. The van der Waals surface area contributed by atoms with Crippen LogP contribution in [0.2, 0.25) is 5.02 Å². The lowest BCUT2D eigenvalue weighted by atomic mass is 10.1. The molecule has 2 aromatic rings. The Morgan fingerprint density at radius 3 is 2.17 bits per heavy atom. The molecule has 0 unspecified atom stereocenters. The highest BCUT2D eigenvalue weighted by molar-refractivity contribution is 7.92. The number of rotatable bonds is 6. The summed E-state index contributed by atoms with van der Waals surface area (Å²) in [5.41, 5.74) is 0.938. The first-order valence-electron chi connectivity index (χ1n) is 6.69. The maximum Gasteiger partial charge on any atom is 0.184 e. The van der Waals surface area contributed by atoms with Crippen molar-refractivity contribution in [1.82, 2.24) is 0 Å². The van der Waals surface area contributed by atoms with Crippen LogP contribution in [0.3, 0.4) is 0 Å². The zero-order chi connectivity index (χ0) is 16.9. The first kappa shape index (κ1) is 17.3. The molecule has 23 heavy (non-hydrogen) atoms. The van der Waals surface area contributed by atoms with Gasteiger partial charge >= 0.3 is 0 Å². The van der Waals surface area contributed by atoms with Crippen LogP contribution in [0.5, 0.6) is 5.75 Å². The van der Waals surface area contributed by atoms with Crippen LogP contribution in [-0.4, -0.2) is 34.1 Å². The van der Waals surface area contributed by atoms with E-state index in [0.29, 0.717) is 22.0 Å². The second kappa shape index (κ2) is 7.48. The topological polar surface area (TPSA) is 65.0 Å². The number of hydrogen-bond donors (Lipinski definition) is 0. The van der Waals surface area contributed by atoms with E-state index >= 15 is 0 Å². The Kier molecular flexibility index (Phi) is 5.63. The van der Waals surface area contributed by atoms with Crippen molar-refractivity contribution in [2.45, 2.75) is 4.90 Å². The minimum Gasteiger partial charge on any atom is -0.497 e. The molecule has 0 amide bonds. The standard InChI is InChI=1S/C16H16ClNO4S/c1-21-14-7-9-15(10-8-14)23(19,20)11-16(18-22-2)12-3-5-13(17)6-4-12/h3-10H,11H2,1-2H3. The highest BCUT2D eigenvalue weighted by Gasteiger charge is 2.20. The first-order valence-corrected chi connectivity index (χ1v) is 8.72. The van der Waals surface area contributed by atoms with Crippen LogP contribution in [-0.2, 0) is 14.7 Å². The number of methoxy groups -OCH3 is 1. The lowest BCUT2D eigenvalue weighted by molar-refractivity contribution is 0.213. The zero-order valence-corrected chi connectivity index (χ0v) is 14.3. The van der Waals surface area contributed by atoms with Gasteiger partial charge in [0, 0.05) is 10.6 Å². The molecule has 2 rings (SSSR count). The van der Waals surface area contributed by atoms with Crippen LogP contribution >= 0.6 is 11.6 Å². The van der Waals surface area contributed by atoms with E-state index in [4.69, 9.17) is 21.2 Å². The van der Waals surface area contributed by atoms with Gasteiger partial charge < -0.3 is 9.57 Å². The fourth-order valence-corrected chi connectivity index (χ4v) is 3.38. The minimum absolute atomic E-state index is 0.191. The van der Waals surface area contributed by atoms with Crippen LogP contribution in [0.25, 0.3) is 0 Å². The third-order valence-corrected chi connectivity index (χ3v) is 5.02. The molecule has 0 bridgehead atoms. The number of ether oxygens (including phenoxy) is 1. The van der Waals surface area contributed by atoms with Crippen molar-refractivity contribution in [3.05, 3.63) is 59.1 Å². The van der Waals surface area contributed by atoms with Gasteiger partial charge in [-0.2, -0.15) is 0 Å². The second-order valence-electron chi connectivity index (χ2n) is 4.66. The molecule has 122 valence electrons. The summed E-state index contributed by atoms with van der Waals surface area (Å²) >= 11 is 5.85. The van der Waals surface area contributed by atoms with Crippen LogP contribution in [0.1, 0.15) is 5.56 Å². The molecule has 0 saturated heterocycles. The molecule has 0 heterocycles. The molecule has 0 spiro atoms. The molecule has 0 aliphatic heterocycles. The van der Waals surface area contributed by atoms with Gasteiger partial charge in [-0.15, -0.1) is 0 Å². The van der Waals surface area contributed by atoms with Crippen LogP contribution < -0.4 is 4.74 Å². The summed E-state index contributed by atoms with van der Waals surface area (Å²) in [5, 5.41) is 4.40. The molecule has 0 radical (unpaired) electrons. The fourth-order valence-electron chi connectivity index (χ4n) is 1.96. The van der Waals surface area contributed by atoms with Crippen LogP contribution in [0.15, 0.2) is 58.6 Å². The fraction of sp³-hybridized carbons (Fsp3) is 0.188. The van der Waals surface area contributed by atoms with Crippen molar-refractivity contribution in [3.8, 4) is 5.75 Å². The summed E-state index contributed by atoms with van der Waals surface area (Å²) in [4.78, 5) is 4.97. The smallest absolute Gasteiger partial charge is 0.184 e. The van der Waals surface area contributed by atoms with Crippen LogP contribution in [0, 0.1) is 0 Å². The predicted molar refractivity (Wildman–Crippen MR) is 90.0 cm³/mol. The van der Waals surface area contributed by atoms with Crippen molar-refractivity contribution >= 4 is 27.1 Å². The van der Waals surface area contributed by atoms with Gasteiger partial charge in [0.1, 0.15) is 24.3 Å². The van der Waals surface area contributed by atoms with Crippen molar-refractivity contribution < 1.29 is 18.0 Å². The third kappa shape index (κ3) is 4.46. The van der Waals surface area contributed by atoms with Crippen molar-refractivity contribution in [1.29, 1.82) is 0 Å². The Balaban J connectivity index is 2.31. The van der Waals surface area contributed by atoms with E-state index in [0.717, 1.165) is 0 Å². The SMILES string of the molecule is CON=C(CS(=O)(=O)c1ccc(OC)cc1)c1ccc(Cl)cc1. The van der Waals surface area contributed by atoms with Gasteiger partial charge in [0.05, 0.1) is 12.0 Å². The molecule has 7 heteroatoms. The maximum atomic E-state index is 12.6. The number of benzene rings is 2. The average molecular weight is 354 g/mol. The Morgan fingerprint density at radius 2 is 1.65 bits per heavy atom. The maximum absolute atomic E-state index is 12.6. The second-order valence-corrected chi connectivity index (χ2v) is 7.09. The molecule has 0 fully saturated rings. The number of nitrogens with zero attached hydrogens (tertiary/aromatic N) is 1. The molecule has 0 atom stereocenters. The summed E-state index contributed by atoms with van der Waals surface area (Å²) in [6.07, 6.45) is 0. The zero-order valence-electron chi connectivity index (χ0n) is 12.7. The Bertz CT molecular complexity index is 784. The van der Waals surface area contributed by atoms with E-state index in [1.54, 1.807) is 36.4 Å². The molecule has 0 N–H and O–H groups in total. The van der Waals surface area contributed by atoms with Gasteiger partial charge in [-0.1, -0.05) is 28.9 Å². The van der Waals surface area contributed by atoms with Gasteiger partial charge in [0.25, 0.3) is 0 Å². The Labute approximate surface area is 140 Å². The molecule has 0 aliphatic carbocycles. The summed E-state index contributed by atoms with van der Waals surface area (Å²) in [6.45, 7) is 0. The monoisotopic (exact) mass is 353 g/mol. The van der Waals surface area contributed by atoms with E-state index in [1.807, 2.05) is 0 Å². The average Bonchev–Trinajstić information content (AvgIpc) is 2.55. The highest BCUT2D eigenvalue weighted by Crippen LogP contribution is 2.19. The number of sulfone groups is 1. The summed E-state index contributed by atoms with van der Waals surface area (Å²) in [6, 6.07) is 12.9. The third-order valence-electron chi connectivity index (χ3n) is 3.12. The summed E-state index contributed by atoms with van der Waals surface area (Å²) < 4.78 is 30.1. The van der Waals surface area contributed by atoms with Gasteiger partial charge in [-0.05, 0) is 36.4 Å². The lowest BCUT2D eigenvalue weighted by Gasteiger charge is -2.08. The predicted octanol–water partition coefficient (Wildman–Crippen LogP) is 3.17. The normalized spacial score (nSPS) is 12.0. The van der Waals surface area contributed by atoms with Gasteiger partial charge in [-0.25, -0.2) is 8.42 Å². The van der Waals surface area contributed by atoms with E-state index in [1.165, 1.54) is 26.4 Å².